The van der Waals surface area contributed by atoms with Crippen LogP contribution in [-0.2, 0) is 31.0 Å². The molecule has 0 saturated carbocycles. The molecular weight excluding hydrogens is 403 g/mol. The van der Waals surface area contributed by atoms with Crippen LogP contribution in [0.25, 0.3) is 0 Å². The van der Waals surface area contributed by atoms with Gasteiger partial charge in [-0.3, -0.25) is 14.2 Å². The fraction of sp³-hybridized carbons (Fsp3) is 0.364. The first-order valence-corrected chi connectivity index (χ1v) is 11.6. The molecule has 0 aliphatic heterocycles. The predicted molar refractivity (Wildman–Crippen MR) is 116 cm³/mol. The highest BCUT2D eigenvalue weighted by Gasteiger charge is 2.24. The van der Waals surface area contributed by atoms with Gasteiger partial charge >= 0.3 is 7.60 Å². The molecule has 0 aliphatic rings. The lowest BCUT2D eigenvalue weighted by atomic mass is 10.0. The van der Waals surface area contributed by atoms with E-state index in [0.29, 0.717) is 12.0 Å². The van der Waals surface area contributed by atoms with Crippen LogP contribution in [-0.4, -0.2) is 31.1 Å². The molecule has 0 fully saturated rings. The van der Waals surface area contributed by atoms with Crippen LogP contribution >= 0.6 is 7.60 Å². The average Bonchev–Trinajstić information content (AvgIpc) is 2.69. The van der Waals surface area contributed by atoms with Crippen molar-refractivity contribution < 1.29 is 23.2 Å². The summed E-state index contributed by atoms with van der Waals surface area (Å²) < 4.78 is 23.2. The number of carbonyl (C=O) groups is 2. The molecule has 0 saturated heterocycles. The number of amides is 2. The molecule has 0 heterocycles. The Labute approximate surface area is 177 Å². The van der Waals surface area contributed by atoms with Gasteiger partial charge in [0, 0.05) is 12.0 Å². The molecule has 3 N–H and O–H groups in total. The molecule has 0 radical (unpaired) electrons. The minimum absolute atomic E-state index is 0.119. The normalized spacial score (nSPS) is 12.4. The van der Waals surface area contributed by atoms with Crippen molar-refractivity contribution in [1.82, 2.24) is 5.32 Å². The summed E-state index contributed by atoms with van der Waals surface area (Å²) in [5, 5.41) is 2.70. The van der Waals surface area contributed by atoms with Gasteiger partial charge in [0.15, 0.2) is 0 Å². The molecule has 1 atom stereocenters. The Bertz CT molecular complexity index is 904. The second-order valence-electron chi connectivity index (χ2n) is 6.86. The quantitative estimate of drug-likeness (QED) is 0.528. The highest BCUT2D eigenvalue weighted by Crippen LogP contribution is 2.51. The number of nitrogens with one attached hydrogen (secondary N) is 1. The van der Waals surface area contributed by atoms with Gasteiger partial charge in [-0.2, -0.15) is 0 Å². The molecule has 0 bridgehead atoms. The third-order valence-corrected chi connectivity index (χ3v) is 6.63. The second kappa shape index (κ2) is 11.1. The molecule has 7 nitrogen and oxygen atoms in total. The largest absolute Gasteiger partial charge is 0.368 e. The maximum absolute atomic E-state index is 12.6. The summed E-state index contributed by atoms with van der Waals surface area (Å²) in [6.07, 6.45) is 0.436. The fourth-order valence-electron chi connectivity index (χ4n) is 3.03. The van der Waals surface area contributed by atoms with Crippen LogP contribution in [0.5, 0.6) is 0 Å². The van der Waals surface area contributed by atoms with Gasteiger partial charge in [0.25, 0.3) is 5.91 Å². The zero-order valence-corrected chi connectivity index (χ0v) is 18.5. The standard InChI is InChI=1S/C22H29N2O5P/c1-4-28-30(27,29-5-2)15-17-10-12-18(13-11-17)22(26)24-20(21(23)25)14-19-9-7-6-8-16(19)3/h6-13,20H,4-5,14-15H2,1-3H3,(H2,23,25)(H,24,26)/t20-/m1/s1. The fourth-order valence-corrected chi connectivity index (χ4v) is 4.73. The van der Waals surface area contributed by atoms with Crippen molar-refractivity contribution in [3.05, 3.63) is 70.8 Å². The molecule has 2 rings (SSSR count). The number of hydrogen-bond acceptors (Lipinski definition) is 5. The van der Waals surface area contributed by atoms with Gasteiger partial charge in [-0.05, 0) is 49.6 Å². The van der Waals surface area contributed by atoms with E-state index in [1.807, 2.05) is 31.2 Å². The van der Waals surface area contributed by atoms with Crippen molar-refractivity contribution >= 4 is 19.4 Å². The summed E-state index contributed by atoms with van der Waals surface area (Å²) in [6, 6.07) is 13.4. The Morgan fingerprint density at radius 1 is 1.03 bits per heavy atom. The van der Waals surface area contributed by atoms with Crippen LogP contribution in [0.1, 0.15) is 40.9 Å². The number of rotatable bonds is 11. The van der Waals surface area contributed by atoms with Crippen molar-refractivity contribution in [2.24, 2.45) is 5.73 Å². The molecule has 2 aromatic carbocycles. The molecule has 0 aromatic heterocycles. The minimum atomic E-state index is -3.22. The molecule has 30 heavy (non-hydrogen) atoms. The zero-order chi connectivity index (χ0) is 22.1. The maximum Gasteiger partial charge on any atom is 0.335 e. The molecule has 0 spiro atoms. The van der Waals surface area contributed by atoms with E-state index in [1.165, 1.54) is 0 Å². The Morgan fingerprint density at radius 3 is 2.17 bits per heavy atom. The molecule has 162 valence electrons. The van der Waals surface area contributed by atoms with E-state index in [0.717, 1.165) is 16.7 Å². The highest BCUT2D eigenvalue weighted by molar-refractivity contribution is 7.53. The Morgan fingerprint density at radius 2 is 1.63 bits per heavy atom. The predicted octanol–water partition coefficient (Wildman–Crippen LogP) is 3.59. The summed E-state index contributed by atoms with van der Waals surface area (Å²) in [7, 11) is -3.22. The van der Waals surface area contributed by atoms with Crippen LogP contribution < -0.4 is 11.1 Å². The molecule has 0 unspecified atom stereocenters. The van der Waals surface area contributed by atoms with Gasteiger partial charge < -0.3 is 20.1 Å². The van der Waals surface area contributed by atoms with E-state index in [9.17, 15) is 14.2 Å². The Kier molecular flexibility index (Phi) is 8.78. The maximum atomic E-state index is 12.6. The number of primary amides is 1. The lowest BCUT2D eigenvalue weighted by Gasteiger charge is -2.18. The number of hydrogen-bond donors (Lipinski definition) is 2. The van der Waals surface area contributed by atoms with Gasteiger partial charge in [-0.25, -0.2) is 0 Å². The van der Waals surface area contributed by atoms with Gasteiger partial charge in [-0.1, -0.05) is 36.4 Å². The molecule has 2 aromatic rings. The topological polar surface area (TPSA) is 108 Å². The summed E-state index contributed by atoms with van der Waals surface area (Å²) in [6.45, 7) is 6.02. The van der Waals surface area contributed by atoms with Gasteiger partial charge in [0.2, 0.25) is 5.91 Å². The summed E-state index contributed by atoms with van der Waals surface area (Å²) >= 11 is 0. The van der Waals surface area contributed by atoms with Crippen molar-refractivity contribution in [3.63, 3.8) is 0 Å². The second-order valence-corrected chi connectivity index (χ2v) is 8.91. The summed E-state index contributed by atoms with van der Waals surface area (Å²) in [5.74, 6) is -1.01. The monoisotopic (exact) mass is 432 g/mol. The first-order chi connectivity index (χ1) is 14.3. The van der Waals surface area contributed by atoms with E-state index in [4.69, 9.17) is 14.8 Å². The first kappa shape index (κ1) is 23.8. The first-order valence-electron chi connectivity index (χ1n) is 9.89. The van der Waals surface area contributed by atoms with Gasteiger partial charge in [0.1, 0.15) is 6.04 Å². The molecule has 2 amide bonds. The van der Waals surface area contributed by atoms with E-state index < -0.39 is 25.5 Å². The molecule has 0 aliphatic carbocycles. The minimum Gasteiger partial charge on any atom is -0.368 e. The van der Waals surface area contributed by atoms with Crippen molar-refractivity contribution in [3.8, 4) is 0 Å². The number of carbonyl (C=O) groups excluding carboxylic acids is 2. The van der Waals surface area contributed by atoms with Crippen LogP contribution in [0.2, 0.25) is 0 Å². The Balaban J connectivity index is 2.07. The summed E-state index contributed by atoms with van der Waals surface area (Å²) in [5.41, 5.74) is 8.56. The Hall–Kier alpha value is -2.47. The lowest BCUT2D eigenvalue weighted by Crippen LogP contribution is -2.46. The van der Waals surface area contributed by atoms with E-state index >= 15 is 0 Å². The van der Waals surface area contributed by atoms with Crippen LogP contribution in [0.3, 0.4) is 0 Å². The van der Waals surface area contributed by atoms with Gasteiger partial charge in [0.05, 0.1) is 19.4 Å². The SMILES string of the molecule is CCOP(=O)(Cc1ccc(C(=O)N[C@H](Cc2ccccc2C)C(N)=O)cc1)OCC. The van der Waals surface area contributed by atoms with E-state index in [1.54, 1.807) is 38.1 Å². The highest BCUT2D eigenvalue weighted by atomic mass is 31.2. The van der Waals surface area contributed by atoms with Crippen molar-refractivity contribution in [1.29, 1.82) is 0 Å². The van der Waals surface area contributed by atoms with Gasteiger partial charge in [-0.15, -0.1) is 0 Å². The summed E-state index contributed by atoms with van der Waals surface area (Å²) in [4.78, 5) is 24.5. The van der Waals surface area contributed by atoms with E-state index in [-0.39, 0.29) is 19.4 Å². The average molecular weight is 432 g/mol. The smallest absolute Gasteiger partial charge is 0.335 e. The number of aryl methyl sites for hydroxylation is 1. The zero-order valence-electron chi connectivity index (χ0n) is 17.6. The van der Waals surface area contributed by atoms with E-state index in [2.05, 4.69) is 5.32 Å². The van der Waals surface area contributed by atoms with Crippen molar-refractivity contribution in [2.45, 2.75) is 39.4 Å². The third kappa shape index (κ3) is 6.80. The van der Waals surface area contributed by atoms with Crippen molar-refractivity contribution in [2.75, 3.05) is 13.2 Å². The van der Waals surface area contributed by atoms with Crippen LogP contribution in [0.15, 0.2) is 48.5 Å². The van der Waals surface area contributed by atoms with Crippen LogP contribution in [0.4, 0.5) is 0 Å². The molecular formula is C22H29N2O5P. The number of nitrogens with two attached hydrogens (primary N) is 1. The number of benzene rings is 2. The lowest BCUT2D eigenvalue weighted by molar-refractivity contribution is -0.119. The van der Waals surface area contributed by atoms with Crippen LogP contribution in [0, 0.1) is 6.92 Å². The third-order valence-electron chi connectivity index (χ3n) is 4.58. The molecule has 8 heteroatoms.